The molecule has 0 aromatic carbocycles. The number of rotatable bonds is 30. The molecule has 18 nitrogen and oxygen atoms in total. The molecule has 0 heterocycles. The minimum absolute atomic E-state index is 0.0556. The number of carbonyl (C=O) groups excluding carboxylic acids is 4. The number of hydrogen-bond acceptors (Lipinski definition) is 12. The lowest BCUT2D eigenvalue weighted by atomic mass is 9.61. The Hall–Kier alpha value is -2.73. The van der Waals surface area contributed by atoms with Gasteiger partial charge in [-0.05, 0) is 127 Å². The molecule has 0 spiro atoms. The third-order valence-corrected chi connectivity index (χ3v) is 18.3. The molecule has 2 aliphatic carbocycles. The zero-order valence-corrected chi connectivity index (χ0v) is 44.3. The van der Waals surface area contributed by atoms with E-state index in [1.54, 1.807) is 0 Å². The minimum Gasteiger partial charge on any atom is -0.412 e. The molecule has 2 aliphatic rings. The van der Waals surface area contributed by atoms with Crippen molar-refractivity contribution < 1.29 is 55.2 Å². The van der Waals surface area contributed by atoms with Gasteiger partial charge in [0.25, 0.3) is 0 Å². The number of carbonyl (C=O) groups is 4. The summed E-state index contributed by atoms with van der Waals surface area (Å²) in [7, 11) is -5.51. The predicted molar refractivity (Wildman–Crippen MR) is 255 cm³/mol. The van der Waals surface area contributed by atoms with Crippen molar-refractivity contribution >= 4 is 41.9 Å². The van der Waals surface area contributed by atoms with Crippen LogP contribution in [0.1, 0.15) is 147 Å². The summed E-state index contributed by atoms with van der Waals surface area (Å²) >= 11 is 0. The summed E-state index contributed by atoms with van der Waals surface area (Å²) in [5.74, 6) is 0. The quantitative estimate of drug-likeness (QED) is 0.0231. The fourth-order valence-corrected chi connectivity index (χ4v) is 15.7. The topological polar surface area (TPSA) is 214 Å². The maximum Gasteiger partial charge on any atom is 0.500 e. The summed E-state index contributed by atoms with van der Waals surface area (Å²) < 4.78 is 46.1. The first kappa shape index (κ1) is 58.4. The van der Waals surface area contributed by atoms with E-state index in [-0.39, 0.29) is 45.8 Å². The van der Waals surface area contributed by atoms with Crippen molar-refractivity contribution in [2.75, 3.05) is 72.6 Å². The Labute approximate surface area is 393 Å². The monoisotopic (exact) mass is 963 g/mol. The third-order valence-electron chi connectivity index (χ3n) is 12.0. The highest BCUT2D eigenvalue weighted by Crippen LogP contribution is 2.49. The van der Waals surface area contributed by atoms with Crippen LogP contribution in [0.3, 0.4) is 0 Å². The van der Waals surface area contributed by atoms with Crippen LogP contribution in [0.25, 0.3) is 0 Å². The zero-order chi connectivity index (χ0) is 48.6. The van der Waals surface area contributed by atoms with Gasteiger partial charge < -0.3 is 67.9 Å². The van der Waals surface area contributed by atoms with Crippen molar-refractivity contribution in [1.29, 1.82) is 0 Å². The Bertz CT molecular complexity index is 1300. The lowest BCUT2D eigenvalue weighted by Gasteiger charge is -2.47. The van der Waals surface area contributed by atoms with E-state index in [1.807, 2.05) is 41.5 Å². The SMILES string of the molecule is CCO[Si](CCCNC(=O)NCCC1(C)CC(NC(=O)OCOC(=O)NC2CC(C)(C)CC(C)(CCNC(=O)NCCC[Si](OCC)(OCC)OCC)C2)CC(C)(C)C1)(OCC)OCC. The van der Waals surface area contributed by atoms with Gasteiger partial charge >= 0.3 is 41.9 Å². The fourth-order valence-electron chi connectivity index (χ4n) is 10.5. The number of nitrogens with one attached hydrogen (secondary N) is 6. The van der Waals surface area contributed by atoms with Gasteiger partial charge in [0.05, 0.1) is 0 Å². The highest BCUT2D eigenvalue weighted by Gasteiger charge is 2.44. The summed E-state index contributed by atoms with van der Waals surface area (Å²) in [5, 5.41) is 17.9. The van der Waals surface area contributed by atoms with Crippen LogP contribution in [0.4, 0.5) is 19.2 Å². The van der Waals surface area contributed by atoms with Crippen LogP contribution in [0.5, 0.6) is 0 Å². The van der Waals surface area contributed by atoms with Gasteiger partial charge in [-0.25, -0.2) is 19.2 Å². The van der Waals surface area contributed by atoms with Gasteiger partial charge in [-0.15, -0.1) is 0 Å². The second-order valence-electron chi connectivity index (χ2n) is 19.8. The Balaban J connectivity index is 1.76. The Morgan fingerprint density at radius 2 is 0.785 bits per heavy atom. The molecule has 2 saturated carbocycles. The van der Waals surface area contributed by atoms with E-state index in [0.717, 1.165) is 38.5 Å². The molecule has 2 fully saturated rings. The van der Waals surface area contributed by atoms with Gasteiger partial charge in [0.15, 0.2) is 0 Å². The highest BCUT2D eigenvalue weighted by atomic mass is 28.4. The van der Waals surface area contributed by atoms with Crippen LogP contribution in [0.2, 0.25) is 12.1 Å². The van der Waals surface area contributed by atoms with Crippen molar-refractivity contribution in [1.82, 2.24) is 31.9 Å². The molecule has 0 aliphatic heterocycles. The normalized spacial score (nSPS) is 22.9. The maximum atomic E-state index is 12.9. The standard InChI is InChI=1S/C45H90N6O12Si2/c1-13-58-64(59-14-2,60-15-3)27-19-23-46-38(52)48-25-21-44(11)31-36(29-42(7,8)33-44)50-40(54)56-35-57-41(55)51-37-30-43(9,10)34-45(12,32-37)22-26-49-39(53)47-24-20-28-65(61-16-4,62-17-5)63-18-6/h36-37H,13-35H2,1-12H3,(H,50,54)(H,51,55)(H2,46,48,52)(H2,47,49,53). The predicted octanol–water partition coefficient (Wildman–Crippen LogP) is 7.82. The zero-order valence-electron chi connectivity index (χ0n) is 42.3. The minimum atomic E-state index is -2.76. The summed E-state index contributed by atoms with van der Waals surface area (Å²) in [6.07, 6.45) is 6.36. The largest absolute Gasteiger partial charge is 0.500 e. The molecule has 6 amide bonds. The number of alkyl carbamates (subject to hydrolysis) is 2. The summed E-state index contributed by atoms with van der Waals surface area (Å²) in [6.45, 7) is 29.2. The molecule has 0 saturated heterocycles. The van der Waals surface area contributed by atoms with E-state index in [9.17, 15) is 19.2 Å². The first-order valence-electron chi connectivity index (χ1n) is 24.4. The van der Waals surface area contributed by atoms with Gasteiger partial charge in [0, 0.05) is 90.0 Å². The maximum absolute atomic E-state index is 12.9. The van der Waals surface area contributed by atoms with Crippen LogP contribution >= 0.6 is 0 Å². The molecule has 380 valence electrons. The van der Waals surface area contributed by atoms with Gasteiger partial charge in [0.1, 0.15) is 0 Å². The van der Waals surface area contributed by atoms with Crippen molar-refractivity contribution in [2.45, 2.75) is 171 Å². The van der Waals surface area contributed by atoms with Crippen LogP contribution in [0.15, 0.2) is 0 Å². The summed E-state index contributed by atoms with van der Waals surface area (Å²) in [4.78, 5) is 51.2. The molecular formula is C45H90N6O12Si2. The second-order valence-corrected chi connectivity index (χ2v) is 25.3. The number of amides is 6. The fraction of sp³-hybridized carbons (Fsp3) is 0.911. The highest BCUT2D eigenvalue weighted by molar-refractivity contribution is 6.61. The molecular weight excluding hydrogens is 873 g/mol. The van der Waals surface area contributed by atoms with E-state index in [1.165, 1.54) is 0 Å². The molecule has 20 heteroatoms. The van der Waals surface area contributed by atoms with Crippen molar-refractivity contribution in [3.63, 3.8) is 0 Å². The van der Waals surface area contributed by atoms with E-state index in [4.69, 9.17) is 36.0 Å². The van der Waals surface area contributed by atoms with Gasteiger partial charge in [-0.2, -0.15) is 0 Å². The Kier molecular flexibility index (Phi) is 25.7. The summed E-state index contributed by atoms with van der Waals surface area (Å²) in [6, 6.07) is 0.489. The van der Waals surface area contributed by atoms with Crippen LogP contribution in [0, 0.1) is 21.7 Å². The molecule has 2 rings (SSSR count). The second kappa shape index (κ2) is 28.6. The van der Waals surface area contributed by atoms with E-state index in [2.05, 4.69) is 73.4 Å². The first-order valence-corrected chi connectivity index (χ1v) is 28.2. The van der Waals surface area contributed by atoms with E-state index in [0.29, 0.717) is 104 Å². The Morgan fingerprint density at radius 1 is 0.477 bits per heavy atom. The average molecular weight is 963 g/mol. The lowest BCUT2D eigenvalue weighted by molar-refractivity contribution is 0.0106. The van der Waals surface area contributed by atoms with Crippen LogP contribution < -0.4 is 31.9 Å². The summed E-state index contributed by atoms with van der Waals surface area (Å²) in [5.41, 5.74) is -0.390. The van der Waals surface area contributed by atoms with Crippen molar-refractivity contribution in [3.8, 4) is 0 Å². The van der Waals surface area contributed by atoms with Crippen molar-refractivity contribution in [2.24, 2.45) is 21.7 Å². The van der Waals surface area contributed by atoms with Gasteiger partial charge in [-0.3, -0.25) is 0 Å². The molecule has 0 aromatic heterocycles. The van der Waals surface area contributed by atoms with E-state index >= 15 is 0 Å². The lowest BCUT2D eigenvalue weighted by Crippen LogP contribution is -2.49. The molecule has 0 aromatic rings. The molecule has 4 unspecified atom stereocenters. The number of urea groups is 2. The van der Waals surface area contributed by atoms with Crippen LogP contribution in [-0.2, 0) is 36.0 Å². The molecule has 6 N–H and O–H groups in total. The number of hydrogen-bond donors (Lipinski definition) is 6. The third kappa shape index (κ3) is 22.8. The van der Waals surface area contributed by atoms with Gasteiger partial charge in [-0.1, -0.05) is 41.5 Å². The van der Waals surface area contributed by atoms with E-state index < -0.39 is 36.6 Å². The van der Waals surface area contributed by atoms with Gasteiger partial charge in [0.2, 0.25) is 6.79 Å². The molecule has 4 atom stereocenters. The Morgan fingerprint density at radius 3 is 1.09 bits per heavy atom. The first-order chi connectivity index (χ1) is 30.6. The smallest absolute Gasteiger partial charge is 0.412 e. The molecule has 0 bridgehead atoms. The molecule has 0 radical (unpaired) electrons. The average Bonchev–Trinajstić information content (AvgIpc) is 3.17. The number of ether oxygens (including phenoxy) is 2. The van der Waals surface area contributed by atoms with Crippen LogP contribution in [-0.4, -0.2) is 127 Å². The van der Waals surface area contributed by atoms with Crippen molar-refractivity contribution in [3.05, 3.63) is 0 Å². The molecule has 65 heavy (non-hydrogen) atoms.